The summed E-state index contributed by atoms with van der Waals surface area (Å²) in [5.74, 6) is -7.85. The second-order valence-corrected chi connectivity index (χ2v) is 3.22. The number of carboxylic acid groups (broad SMARTS) is 1. The first-order valence-corrected chi connectivity index (χ1v) is 4.19. The number of hydrogen-bond acceptors (Lipinski definition) is 2. The van der Waals surface area contributed by atoms with Crippen LogP contribution in [0.1, 0.15) is 22.8 Å². The second kappa shape index (κ2) is 3.96. The maximum absolute atomic E-state index is 13.0. The maximum Gasteiger partial charge on any atom is 0.377 e. The quantitative estimate of drug-likeness (QED) is 0.642. The van der Waals surface area contributed by atoms with Crippen LogP contribution in [-0.2, 0) is 10.7 Å². The predicted octanol–water partition coefficient (Wildman–Crippen LogP) is 2.20. The Balaban J connectivity index is 3.30. The van der Waals surface area contributed by atoms with Crippen LogP contribution in [0.5, 0.6) is 0 Å². The lowest BCUT2D eigenvalue weighted by Crippen LogP contribution is -2.16. The normalized spacial score (nSPS) is 11.2. The van der Waals surface area contributed by atoms with E-state index in [1.54, 1.807) is 0 Å². The van der Waals surface area contributed by atoms with Gasteiger partial charge in [-0.25, -0.2) is 18.0 Å². The van der Waals surface area contributed by atoms with Gasteiger partial charge >= 0.3 is 5.97 Å². The third kappa shape index (κ3) is 2.39. The molecule has 0 saturated heterocycles. The molecule has 0 spiro atoms. The topological polar surface area (TPSA) is 54.4 Å². The smallest absolute Gasteiger partial charge is 0.377 e. The number of alkyl halides is 2. The number of carboxylic acids is 1. The highest BCUT2D eigenvalue weighted by Gasteiger charge is 2.27. The van der Waals surface area contributed by atoms with E-state index < -0.39 is 34.6 Å². The number of ketones is 1. The number of rotatable bonds is 3. The van der Waals surface area contributed by atoms with E-state index in [1.165, 1.54) is 0 Å². The number of Topliss-reactive ketones (excluding diaryl/α,β-unsaturated/α-hetero) is 1. The molecule has 0 saturated carbocycles. The summed E-state index contributed by atoms with van der Waals surface area (Å²) in [6, 6.07) is 1.99. The molecule has 0 aliphatic heterocycles. The summed E-state index contributed by atoms with van der Waals surface area (Å²) in [5.41, 5.74) is -1.48. The Bertz CT molecular complexity index is 449. The standard InChI is InChI=1S/C10H7F3O3/c1-10(12,13)5-2-3-7(11)6(4-5)8(14)9(15)16/h2-4H,1H3,(H,15,16). The van der Waals surface area contributed by atoms with Gasteiger partial charge in [-0.1, -0.05) is 6.07 Å². The molecule has 0 atom stereocenters. The van der Waals surface area contributed by atoms with Gasteiger partial charge in [0.1, 0.15) is 5.82 Å². The molecule has 0 fully saturated rings. The van der Waals surface area contributed by atoms with Crippen LogP contribution in [-0.4, -0.2) is 16.9 Å². The molecule has 1 aromatic carbocycles. The van der Waals surface area contributed by atoms with Gasteiger partial charge in [-0.05, 0) is 12.1 Å². The van der Waals surface area contributed by atoms with Gasteiger partial charge in [-0.2, -0.15) is 0 Å². The van der Waals surface area contributed by atoms with E-state index in [-0.39, 0.29) is 0 Å². The highest BCUT2D eigenvalue weighted by Crippen LogP contribution is 2.28. The minimum absolute atomic E-state index is 0.547. The van der Waals surface area contributed by atoms with Crippen molar-refractivity contribution in [2.45, 2.75) is 12.8 Å². The lowest BCUT2D eigenvalue weighted by Gasteiger charge is -2.11. The average Bonchev–Trinajstić information content (AvgIpc) is 2.15. The minimum atomic E-state index is -3.26. The molecule has 0 heterocycles. The Labute approximate surface area is 88.5 Å². The van der Waals surface area contributed by atoms with Crippen molar-refractivity contribution >= 4 is 11.8 Å². The first-order valence-electron chi connectivity index (χ1n) is 4.19. The molecule has 1 aromatic rings. The number of halogens is 3. The Morgan fingerprint density at radius 2 is 1.88 bits per heavy atom. The van der Waals surface area contributed by atoms with Crippen LogP contribution >= 0.6 is 0 Å². The van der Waals surface area contributed by atoms with E-state index in [0.717, 1.165) is 6.07 Å². The molecule has 3 nitrogen and oxygen atoms in total. The zero-order valence-corrected chi connectivity index (χ0v) is 8.13. The Morgan fingerprint density at radius 1 is 1.31 bits per heavy atom. The number of aliphatic carboxylic acids is 1. The van der Waals surface area contributed by atoms with E-state index in [9.17, 15) is 22.8 Å². The number of carbonyl (C=O) groups excluding carboxylic acids is 1. The van der Waals surface area contributed by atoms with Gasteiger partial charge in [-0.15, -0.1) is 0 Å². The van der Waals surface area contributed by atoms with Crippen LogP contribution in [0, 0.1) is 5.82 Å². The molecule has 16 heavy (non-hydrogen) atoms. The summed E-state index contributed by atoms with van der Waals surface area (Å²) in [4.78, 5) is 21.3. The van der Waals surface area contributed by atoms with E-state index in [1.807, 2.05) is 0 Å². The van der Waals surface area contributed by atoms with Crippen LogP contribution in [0.15, 0.2) is 18.2 Å². The predicted molar refractivity (Wildman–Crippen MR) is 47.9 cm³/mol. The van der Waals surface area contributed by atoms with Crippen molar-refractivity contribution in [3.8, 4) is 0 Å². The maximum atomic E-state index is 13.0. The van der Waals surface area contributed by atoms with Gasteiger partial charge in [-0.3, -0.25) is 4.79 Å². The Hall–Kier alpha value is -1.85. The summed E-state index contributed by atoms with van der Waals surface area (Å²) in [7, 11) is 0. The van der Waals surface area contributed by atoms with Crippen molar-refractivity contribution in [1.29, 1.82) is 0 Å². The van der Waals surface area contributed by atoms with Gasteiger partial charge in [0.15, 0.2) is 0 Å². The second-order valence-electron chi connectivity index (χ2n) is 3.22. The van der Waals surface area contributed by atoms with E-state index in [2.05, 4.69) is 0 Å². The highest BCUT2D eigenvalue weighted by atomic mass is 19.3. The van der Waals surface area contributed by atoms with Gasteiger partial charge in [0.2, 0.25) is 0 Å². The lowest BCUT2D eigenvalue weighted by molar-refractivity contribution is -0.131. The Kier molecular flexibility index (Phi) is 3.02. The molecular formula is C10H7F3O3. The monoisotopic (exact) mass is 232 g/mol. The largest absolute Gasteiger partial charge is 0.475 e. The fourth-order valence-electron chi connectivity index (χ4n) is 1.09. The molecule has 1 rings (SSSR count). The zero-order valence-electron chi connectivity index (χ0n) is 8.13. The fraction of sp³-hybridized carbons (Fsp3) is 0.200. The number of hydrogen-bond donors (Lipinski definition) is 1. The fourth-order valence-corrected chi connectivity index (χ4v) is 1.09. The molecule has 0 radical (unpaired) electrons. The van der Waals surface area contributed by atoms with Crippen molar-refractivity contribution in [2.24, 2.45) is 0 Å². The molecule has 0 aliphatic carbocycles. The van der Waals surface area contributed by atoms with Gasteiger partial charge in [0.25, 0.3) is 11.7 Å². The van der Waals surface area contributed by atoms with Crippen molar-refractivity contribution in [2.75, 3.05) is 0 Å². The van der Waals surface area contributed by atoms with E-state index in [4.69, 9.17) is 5.11 Å². The summed E-state index contributed by atoms with van der Waals surface area (Å²) in [6.07, 6.45) is 0. The zero-order chi connectivity index (χ0) is 12.5. The molecule has 0 aliphatic rings. The van der Waals surface area contributed by atoms with Crippen LogP contribution < -0.4 is 0 Å². The van der Waals surface area contributed by atoms with Crippen molar-refractivity contribution in [3.05, 3.63) is 35.1 Å². The van der Waals surface area contributed by atoms with Crippen molar-refractivity contribution in [3.63, 3.8) is 0 Å². The molecule has 86 valence electrons. The molecule has 1 N–H and O–H groups in total. The van der Waals surface area contributed by atoms with Gasteiger partial charge in [0, 0.05) is 12.5 Å². The van der Waals surface area contributed by atoms with E-state index >= 15 is 0 Å². The molecular weight excluding hydrogens is 225 g/mol. The first-order chi connectivity index (χ1) is 7.23. The average molecular weight is 232 g/mol. The SMILES string of the molecule is CC(F)(F)c1ccc(F)c(C(=O)C(=O)O)c1. The molecule has 0 amide bonds. The lowest BCUT2D eigenvalue weighted by atomic mass is 10.0. The van der Waals surface area contributed by atoms with Crippen molar-refractivity contribution < 1.29 is 27.9 Å². The summed E-state index contributed by atoms with van der Waals surface area (Å²) in [5, 5.41) is 8.35. The first kappa shape index (κ1) is 12.2. The summed E-state index contributed by atoms with van der Waals surface area (Å²) in [6.45, 7) is 0.565. The molecule has 0 bridgehead atoms. The van der Waals surface area contributed by atoms with Gasteiger partial charge < -0.3 is 5.11 Å². The van der Waals surface area contributed by atoms with Crippen LogP contribution in [0.2, 0.25) is 0 Å². The number of benzene rings is 1. The Morgan fingerprint density at radius 3 is 2.31 bits per heavy atom. The third-order valence-electron chi connectivity index (χ3n) is 1.91. The van der Waals surface area contributed by atoms with Crippen LogP contribution in [0.3, 0.4) is 0 Å². The van der Waals surface area contributed by atoms with E-state index in [0.29, 0.717) is 19.1 Å². The summed E-state index contributed by atoms with van der Waals surface area (Å²) < 4.78 is 38.7. The summed E-state index contributed by atoms with van der Waals surface area (Å²) >= 11 is 0. The van der Waals surface area contributed by atoms with Crippen LogP contribution in [0.25, 0.3) is 0 Å². The molecule has 6 heteroatoms. The van der Waals surface area contributed by atoms with Crippen molar-refractivity contribution in [1.82, 2.24) is 0 Å². The molecule has 0 aromatic heterocycles. The minimum Gasteiger partial charge on any atom is -0.475 e. The van der Waals surface area contributed by atoms with Crippen LogP contribution in [0.4, 0.5) is 13.2 Å². The van der Waals surface area contributed by atoms with Gasteiger partial charge in [0.05, 0.1) is 5.56 Å². The third-order valence-corrected chi connectivity index (χ3v) is 1.91. The number of carbonyl (C=O) groups is 2. The highest BCUT2D eigenvalue weighted by molar-refractivity contribution is 6.39. The molecule has 0 unspecified atom stereocenters.